The summed E-state index contributed by atoms with van der Waals surface area (Å²) >= 11 is 0. The second kappa shape index (κ2) is 4.57. The fourth-order valence-electron chi connectivity index (χ4n) is 2.12. The molecule has 0 saturated carbocycles. The number of hydrogen-bond acceptors (Lipinski definition) is 4. The maximum absolute atomic E-state index is 12.1. The van der Waals surface area contributed by atoms with Crippen LogP contribution in [0.1, 0.15) is 35.5 Å². The van der Waals surface area contributed by atoms with Crippen LogP contribution in [0.4, 0.5) is 0 Å². The van der Waals surface area contributed by atoms with Crippen LogP contribution in [0.2, 0.25) is 0 Å². The Kier molecular flexibility index (Phi) is 3.12. The van der Waals surface area contributed by atoms with Crippen LogP contribution in [0.15, 0.2) is 10.6 Å². The molecule has 0 bridgehead atoms. The molecule has 0 aliphatic carbocycles. The van der Waals surface area contributed by atoms with E-state index >= 15 is 0 Å². The summed E-state index contributed by atoms with van der Waals surface area (Å²) in [5, 5.41) is 12.4. The lowest BCUT2D eigenvalue weighted by molar-refractivity contribution is -0.137. The Labute approximate surface area is 98.2 Å². The summed E-state index contributed by atoms with van der Waals surface area (Å²) in [5.74, 6) is -0.974. The van der Waals surface area contributed by atoms with Crippen molar-refractivity contribution >= 4 is 11.9 Å². The lowest BCUT2D eigenvalue weighted by Gasteiger charge is -2.21. The van der Waals surface area contributed by atoms with Gasteiger partial charge in [-0.2, -0.15) is 0 Å². The standard InChI is InChI=1S/C11H14N2O4/c1-7-5-9(17-12-7)11(16)13-4-2-3-8(13)6-10(14)15/h5,8H,2-4,6H2,1H3,(H,14,15). The van der Waals surface area contributed by atoms with E-state index < -0.39 is 5.97 Å². The number of amides is 1. The molecule has 1 amide bonds. The second-order valence-electron chi connectivity index (χ2n) is 4.23. The number of likely N-dealkylation sites (tertiary alicyclic amines) is 1. The molecule has 17 heavy (non-hydrogen) atoms. The van der Waals surface area contributed by atoms with Crippen molar-refractivity contribution in [1.82, 2.24) is 10.1 Å². The summed E-state index contributed by atoms with van der Waals surface area (Å²) in [6.07, 6.45) is 1.54. The molecule has 1 atom stereocenters. The fraction of sp³-hybridized carbons (Fsp3) is 0.545. The van der Waals surface area contributed by atoms with Crippen molar-refractivity contribution < 1.29 is 19.2 Å². The van der Waals surface area contributed by atoms with Crippen LogP contribution >= 0.6 is 0 Å². The van der Waals surface area contributed by atoms with Crippen LogP contribution in [-0.2, 0) is 4.79 Å². The van der Waals surface area contributed by atoms with E-state index in [1.54, 1.807) is 17.9 Å². The van der Waals surface area contributed by atoms with Crippen LogP contribution in [0.3, 0.4) is 0 Å². The molecule has 6 heteroatoms. The second-order valence-corrected chi connectivity index (χ2v) is 4.23. The SMILES string of the molecule is Cc1cc(C(=O)N2CCCC2CC(=O)O)on1. The lowest BCUT2D eigenvalue weighted by Crippen LogP contribution is -2.36. The molecule has 1 aromatic rings. The van der Waals surface area contributed by atoms with E-state index in [2.05, 4.69) is 5.16 Å². The predicted molar refractivity (Wildman–Crippen MR) is 57.6 cm³/mol. The van der Waals surface area contributed by atoms with Gasteiger partial charge in [-0.15, -0.1) is 0 Å². The van der Waals surface area contributed by atoms with Gasteiger partial charge >= 0.3 is 5.97 Å². The highest BCUT2D eigenvalue weighted by molar-refractivity contribution is 5.92. The van der Waals surface area contributed by atoms with Gasteiger partial charge in [0.15, 0.2) is 0 Å². The first-order valence-electron chi connectivity index (χ1n) is 5.54. The van der Waals surface area contributed by atoms with Crippen LogP contribution in [0, 0.1) is 6.92 Å². The van der Waals surface area contributed by atoms with Crippen LogP contribution < -0.4 is 0 Å². The summed E-state index contributed by atoms with van der Waals surface area (Å²) in [6.45, 7) is 2.32. The molecule has 1 N–H and O–H groups in total. The van der Waals surface area contributed by atoms with Gasteiger partial charge in [0, 0.05) is 18.7 Å². The topological polar surface area (TPSA) is 83.6 Å². The number of carboxylic acid groups (broad SMARTS) is 1. The number of carboxylic acids is 1. The summed E-state index contributed by atoms with van der Waals surface area (Å²) in [4.78, 5) is 24.3. The number of carbonyl (C=O) groups excluding carboxylic acids is 1. The van der Waals surface area contributed by atoms with Gasteiger partial charge in [-0.25, -0.2) is 0 Å². The van der Waals surface area contributed by atoms with Crippen molar-refractivity contribution in [3.8, 4) is 0 Å². The third kappa shape index (κ3) is 2.46. The number of aromatic nitrogens is 1. The van der Waals surface area contributed by atoms with Crippen LogP contribution in [-0.4, -0.2) is 39.6 Å². The molecule has 6 nitrogen and oxygen atoms in total. The lowest BCUT2D eigenvalue weighted by atomic mass is 10.1. The number of aliphatic carboxylic acids is 1. The zero-order valence-corrected chi connectivity index (χ0v) is 9.55. The molecule has 1 aromatic heterocycles. The van der Waals surface area contributed by atoms with E-state index in [4.69, 9.17) is 9.63 Å². The largest absolute Gasteiger partial charge is 0.481 e. The average Bonchev–Trinajstić information content (AvgIpc) is 2.85. The molecule has 0 spiro atoms. The molecular weight excluding hydrogens is 224 g/mol. The van der Waals surface area contributed by atoms with Crippen LogP contribution in [0.5, 0.6) is 0 Å². The Balaban J connectivity index is 2.10. The Hall–Kier alpha value is -1.85. The molecule has 1 aliphatic rings. The Bertz CT molecular complexity index is 440. The van der Waals surface area contributed by atoms with E-state index in [1.807, 2.05) is 0 Å². The van der Waals surface area contributed by atoms with Gasteiger partial charge in [-0.05, 0) is 19.8 Å². The van der Waals surface area contributed by atoms with Crippen molar-refractivity contribution in [3.05, 3.63) is 17.5 Å². The molecule has 1 aliphatic heterocycles. The minimum atomic E-state index is -0.886. The molecule has 92 valence electrons. The maximum atomic E-state index is 12.1. The summed E-state index contributed by atoms with van der Waals surface area (Å²) in [7, 11) is 0. The highest BCUT2D eigenvalue weighted by Gasteiger charge is 2.32. The summed E-state index contributed by atoms with van der Waals surface area (Å²) in [6, 6.07) is 1.34. The van der Waals surface area contributed by atoms with E-state index in [1.165, 1.54) is 0 Å². The molecule has 1 saturated heterocycles. The monoisotopic (exact) mass is 238 g/mol. The van der Waals surface area contributed by atoms with Crippen molar-refractivity contribution in [2.45, 2.75) is 32.2 Å². The predicted octanol–water partition coefficient (Wildman–Crippen LogP) is 1.06. The highest BCUT2D eigenvalue weighted by atomic mass is 16.5. The molecule has 1 fully saturated rings. The van der Waals surface area contributed by atoms with Gasteiger partial charge in [0.05, 0.1) is 12.1 Å². The van der Waals surface area contributed by atoms with Crippen molar-refractivity contribution in [3.63, 3.8) is 0 Å². The van der Waals surface area contributed by atoms with E-state index in [0.717, 1.165) is 12.8 Å². The number of rotatable bonds is 3. The molecule has 2 heterocycles. The van der Waals surface area contributed by atoms with Gasteiger partial charge < -0.3 is 14.5 Å². The molecule has 0 aromatic carbocycles. The highest BCUT2D eigenvalue weighted by Crippen LogP contribution is 2.22. The van der Waals surface area contributed by atoms with Gasteiger partial charge in [-0.3, -0.25) is 9.59 Å². The number of hydrogen-bond donors (Lipinski definition) is 1. The van der Waals surface area contributed by atoms with Gasteiger partial charge in [-0.1, -0.05) is 5.16 Å². The number of carbonyl (C=O) groups is 2. The van der Waals surface area contributed by atoms with Crippen molar-refractivity contribution in [1.29, 1.82) is 0 Å². The molecular formula is C11H14N2O4. The Morgan fingerprint density at radius 1 is 1.65 bits per heavy atom. The fourth-order valence-corrected chi connectivity index (χ4v) is 2.12. The molecule has 2 rings (SSSR count). The van der Waals surface area contributed by atoms with E-state index in [0.29, 0.717) is 12.2 Å². The quantitative estimate of drug-likeness (QED) is 0.851. The molecule has 0 radical (unpaired) electrons. The Morgan fingerprint density at radius 2 is 2.41 bits per heavy atom. The normalized spacial score (nSPS) is 19.6. The maximum Gasteiger partial charge on any atom is 0.305 e. The van der Waals surface area contributed by atoms with Gasteiger partial charge in [0.1, 0.15) is 0 Å². The zero-order valence-electron chi connectivity index (χ0n) is 9.55. The van der Waals surface area contributed by atoms with Gasteiger partial charge in [0.25, 0.3) is 5.91 Å². The minimum absolute atomic E-state index is 0.0150. The smallest absolute Gasteiger partial charge is 0.305 e. The van der Waals surface area contributed by atoms with E-state index in [-0.39, 0.29) is 24.1 Å². The van der Waals surface area contributed by atoms with E-state index in [9.17, 15) is 9.59 Å². The summed E-state index contributed by atoms with van der Waals surface area (Å²) < 4.78 is 4.90. The molecule has 1 unspecified atom stereocenters. The van der Waals surface area contributed by atoms with Crippen molar-refractivity contribution in [2.75, 3.05) is 6.54 Å². The first-order chi connectivity index (χ1) is 8.08. The zero-order chi connectivity index (χ0) is 12.4. The number of aryl methyl sites for hydroxylation is 1. The minimum Gasteiger partial charge on any atom is -0.481 e. The summed E-state index contributed by atoms with van der Waals surface area (Å²) in [5.41, 5.74) is 0.641. The first-order valence-corrected chi connectivity index (χ1v) is 5.54. The van der Waals surface area contributed by atoms with Crippen molar-refractivity contribution in [2.24, 2.45) is 0 Å². The Morgan fingerprint density at radius 3 is 3.00 bits per heavy atom. The third-order valence-corrected chi connectivity index (χ3v) is 2.89. The number of nitrogens with zero attached hydrogens (tertiary/aromatic N) is 2. The third-order valence-electron chi connectivity index (χ3n) is 2.89. The van der Waals surface area contributed by atoms with Crippen LogP contribution in [0.25, 0.3) is 0 Å². The van der Waals surface area contributed by atoms with Gasteiger partial charge in [0.2, 0.25) is 5.76 Å². The average molecular weight is 238 g/mol. The first kappa shape index (κ1) is 11.6.